The van der Waals surface area contributed by atoms with Crippen LogP contribution in [0.25, 0.3) is 10.8 Å². The molecule has 1 saturated heterocycles. The predicted octanol–water partition coefficient (Wildman–Crippen LogP) is 2.88. The minimum absolute atomic E-state index is 0.277. The highest BCUT2D eigenvalue weighted by molar-refractivity contribution is 7.89. The van der Waals surface area contributed by atoms with Gasteiger partial charge in [-0.05, 0) is 36.4 Å². The molecule has 0 bridgehead atoms. The maximum atomic E-state index is 13.1. The highest BCUT2D eigenvalue weighted by atomic mass is 32.2. The fourth-order valence-electron chi connectivity index (χ4n) is 3.30. The van der Waals surface area contributed by atoms with E-state index in [0.717, 1.165) is 11.1 Å². The second-order valence-electron chi connectivity index (χ2n) is 6.22. The first kappa shape index (κ1) is 16.9. The van der Waals surface area contributed by atoms with Gasteiger partial charge in [-0.3, -0.25) is 4.98 Å². The van der Waals surface area contributed by atoms with Crippen molar-refractivity contribution in [2.45, 2.75) is 4.90 Å². The number of halogens is 1. The second kappa shape index (κ2) is 6.66. The van der Waals surface area contributed by atoms with Crippen molar-refractivity contribution in [3.05, 3.63) is 66.7 Å². The van der Waals surface area contributed by atoms with Gasteiger partial charge in [0.2, 0.25) is 10.0 Å². The number of hydrogen-bond donors (Lipinski definition) is 0. The lowest BCUT2D eigenvalue weighted by molar-refractivity contribution is 0.385. The molecule has 0 saturated carbocycles. The smallest absolute Gasteiger partial charge is 0.243 e. The van der Waals surface area contributed by atoms with Crippen LogP contribution < -0.4 is 4.90 Å². The Kier molecular flexibility index (Phi) is 4.34. The van der Waals surface area contributed by atoms with E-state index in [1.807, 2.05) is 6.07 Å². The van der Waals surface area contributed by atoms with Crippen molar-refractivity contribution < 1.29 is 12.8 Å². The molecule has 4 rings (SSSR count). The largest absolute Gasteiger partial charge is 0.369 e. The zero-order chi connectivity index (χ0) is 18.1. The lowest BCUT2D eigenvalue weighted by atomic mass is 10.2. The number of anilines is 1. The van der Waals surface area contributed by atoms with E-state index in [-0.39, 0.29) is 5.82 Å². The Morgan fingerprint density at radius 3 is 2.38 bits per heavy atom. The Bertz CT molecular complexity index is 1020. The van der Waals surface area contributed by atoms with Crippen LogP contribution in [0.15, 0.2) is 65.8 Å². The molecular formula is C19H18FN3O2S. The number of fused-ring (bicyclic) bond motifs is 1. The molecule has 0 unspecified atom stereocenters. The first-order chi connectivity index (χ1) is 12.6. The lowest BCUT2D eigenvalue weighted by Crippen LogP contribution is -2.48. The fourth-order valence-corrected chi connectivity index (χ4v) is 4.93. The van der Waals surface area contributed by atoms with Gasteiger partial charge in [-0.15, -0.1) is 0 Å². The first-order valence-corrected chi connectivity index (χ1v) is 9.83. The van der Waals surface area contributed by atoms with Gasteiger partial charge in [0.1, 0.15) is 5.82 Å². The highest BCUT2D eigenvalue weighted by Crippen LogP contribution is 2.26. The number of hydrogen-bond acceptors (Lipinski definition) is 4. The number of piperazine rings is 1. The monoisotopic (exact) mass is 371 g/mol. The third kappa shape index (κ3) is 3.04. The van der Waals surface area contributed by atoms with Crippen molar-refractivity contribution in [3.63, 3.8) is 0 Å². The van der Waals surface area contributed by atoms with Crippen molar-refractivity contribution >= 4 is 26.5 Å². The molecule has 1 aliphatic rings. The molecule has 1 fully saturated rings. The van der Waals surface area contributed by atoms with E-state index < -0.39 is 10.0 Å². The van der Waals surface area contributed by atoms with Crippen LogP contribution in [0, 0.1) is 5.82 Å². The van der Waals surface area contributed by atoms with E-state index >= 15 is 0 Å². The average Bonchev–Trinajstić information content (AvgIpc) is 2.68. The third-order valence-corrected chi connectivity index (χ3v) is 6.65. The summed E-state index contributed by atoms with van der Waals surface area (Å²) in [5.74, 6) is -0.277. The zero-order valence-corrected chi connectivity index (χ0v) is 14.9. The number of rotatable bonds is 3. The van der Waals surface area contributed by atoms with E-state index in [4.69, 9.17) is 0 Å². The fraction of sp³-hybridized carbons (Fsp3) is 0.211. The minimum Gasteiger partial charge on any atom is -0.369 e. The molecule has 0 N–H and O–H groups in total. The molecule has 134 valence electrons. The molecule has 2 heterocycles. The average molecular weight is 371 g/mol. The summed E-state index contributed by atoms with van der Waals surface area (Å²) in [5.41, 5.74) is 0.902. The summed E-state index contributed by atoms with van der Waals surface area (Å²) in [4.78, 5) is 6.44. The Morgan fingerprint density at radius 2 is 1.65 bits per heavy atom. The van der Waals surface area contributed by atoms with Crippen LogP contribution >= 0.6 is 0 Å². The van der Waals surface area contributed by atoms with Gasteiger partial charge in [0.15, 0.2) is 0 Å². The van der Waals surface area contributed by atoms with Crippen LogP contribution in [-0.2, 0) is 10.0 Å². The summed E-state index contributed by atoms with van der Waals surface area (Å²) in [7, 11) is -3.58. The van der Waals surface area contributed by atoms with E-state index in [9.17, 15) is 12.8 Å². The zero-order valence-electron chi connectivity index (χ0n) is 14.0. The van der Waals surface area contributed by atoms with Crippen LogP contribution in [0.5, 0.6) is 0 Å². The van der Waals surface area contributed by atoms with E-state index in [1.54, 1.807) is 42.7 Å². The van der Waals surface area contributed by atoms with Crippen LogP contribution in [0.1, 0.15) is 0 Å². The summed E-state index contributed by atoms with van der Waals surface area (Å²) in [6.07, 6.45) is 3.27. The normalized spacial score (nSPS) is 16.1. The molecule has 0 atom stereocenters. The highest BCUT2D eigenvalue weighted by Gasteiger charge is 2.29. The Morgan fingerprint density at radius 1 is 0.923 bits per heavy atom. The maximum Gasteiger partial charge on any atom is 0.243 e. The lowest BCUT2D eigenvalue weighted by Gasteiger charge is -2.35. The number of sulfonamides is 1. The van der Waals surface area contributed by atoms with Crippen molar-refractivity contribution in [2.24, 2.45) is 0 Å². The van der Waals surface area contributed by atoms with Gasteiger partial charge in [0.05, 0.1) is 4.90 Å². The number of pyridine rings is 1. The number of benzene rings is 2. The van der Waals surface area contributed by atoms with Gasteiger partial charge < -0.3 is 4.90 Å². The Hall–Kier alpha value is -2.51. The molecular weight excluding hydrogens is 353 g/mol. The van der Waals surface area contributed by atoms with Gasteiger partial charge in [-0.1, -0.05) is 12.1 Å². The first-order valence-electron chi connectivity index (χ1n) is 8.39. The van der Waals surface area contributed by atoms with Gasteiger partial charge in [-0.25, -0.2) is 12.8 Å². The molecule has 0 aliphatic carbocycles. The Labute approximate surface area is 151 Å². The van der Waals surface area contributed by atoms with Gasteiger partial charge in [0, 0.05) is 55.0 Å². The molecule has 0 spiro atoms. The molecule has 5 nitrogen and oxygen atoms in total. The standard InChI is InChI=1S/C19H18FN3O2S/c20-16-4-6-17(7-5-16)22-10-12-23(13-11-22)26(24,25)19-3-1-2-15-14-21-9-8-18(15)19/h1-9,14H,10-13H2. The molecule has 7 heteroatoms. The van der Waals surface area contributed by atoms with Crippen molar-refractivity contribution in [1.29, 1.82) is 0 Å². The SMILES string of the molecule is O=S(=O)(c1cccc2cnccc12)N1CCN(c2ccc(F)cc2)CC1. The van der Waals surface area contributed by atoms with Crippen LogP contribution in [0.2, 0.25) is 0 Å². The van der Waals surface area contributed by atoms with Crippen molar-refractivity contribution in [2.75, 3.05) is 31.1 Å². The van der Waals surface area contributed by atoms with Crippen molar-refractivity contribution in [1.82, 2.24) is 9.29 Å². The Balaban J connectivity index is 1.57. The molecule has 1 aromatic heterocycles. The molecule has 0 amide bonds. The van der Waals surface area contributed by atoms with E-state index in [0.29, 0.717) is 36.5 Å². The maximum absolute atomic E-state index is 13.1. The van der Waals surface area contributed by atoms with Gasteiger partial charge >= 0.3 is 0 Å². The molecule has 1 aliphatic heterocycles. The van der Waals surface area contributed by atoms with Crippen molar-refractivity contribution in [3.8, 4) is 0 Å². The van der Waals surface area contributed by atoms with Crippen LogP contribution in [0.3, 0.4) is 0 Å². The molecule has 26 heavy (non-hydrogen) atoms. The third-order valence-electron chi connectivity index (χ3n) is 4.69. The summed E-state index contributed by atoms with van der Waals surface area (Å²) >= 11 is 0. The molecule has 0 radical (unpaired) electrons. The van der Waals surface area contributed by atoms with E-state index in [1.165, 1.54) is 16.4 Å². The summed E-state index contributed by atoms with van der Waals surface area (Å²) < 4.78 is 40.8. The summed E-state index contributed by atoms with van der Waals surface area (Å²) in [5, 5.41) is 1.49. The van der Waals surface area contributed by atoms with Gasteiger partial charge in [-0.2, -0.15) is 4.31 Å². The minimum atomic E-state index is -3.58. The van der Waals surface area contributed by atoms with Crippen LogP contribution in [0.4, 0.5) is 10.1 Å². The molecule has 2 aromatic carbocycles. The van der Waals surface area contributed by atoms with Crippen LogP contribution in [-0.4, -0.2) is 43.9 Å². The summed E-state index contributed by atoms with van der Waals surface area (Å²) in [6, 6.07) is 13.3. The second-order valence-corrected chi connectivity index (χ2v) is 8.13. The van der Waals surface area contributed by atoms with Gasteiger partial charge in [0.25, 0.3) is 0 Å². The van der Waals surface area contributed by atoms with E-state index in [2.05, 4.69) is 9.88 Å². The summed E-state index contributed by atoms with van der Waals surface area (Å²) in [6.45, 7) is 1.91. The number of aromatic nitrogens is 1. The molecule has 3 aromatic rings. The number of nitrogens with zero attached hydrogens (tertiary/aromatic N) is 3. The topological polar surface area (TPSA) is 53.5 Å². The predicted molar refractivity (Wildman–Crippen MR) is 99.1 cm³/mol. The quantitative estimate of drug-likeness (QED) is 0.710.